The Balaban J connectivity index is 2.10. The predicted molar refractivity (Wildman–Crippen MR) is 85.1 cm³/mol. The van der Waals surface area contributed by atoms with Crippen LogP contribution in [0.3, 0.4) is 0 Å². The first-order valence-corrected chi connectivity index (χ1v) is 9.02. The Bertz CT molecular complexity index is 751. The van der Waals surface area contributed by atoms with Crippen molar-refractivity contribution >= 4 is 33.0 Å². The molecule has 0 saturated heterocycles. The van der Waals surface area contributed by atoms with E-state index in [1.165, 1.54) is 11.3 Å². The summed E-state index contributed by atoms with van der Waals surface area (Å²) in [7, 11) is -3.35. The number of aryl methyl sites for hydroxylation is 1. The van der Waals surface area contributed by atoms with Gasteiger partial charge >= 0.3 is 0 Å². The van der Waals surface area contributed by atoms with E-state index in [4.69, 9.17) is 0 Å². The fourth-order valence-corrected chi connectivity index (χ4v) is 3.27. The molecule has 0 aliphatic heterocycles. The number of thiophene rings is 1. The van der Waals surface area contributed by atoms with Crippen LogP contribution < -0.4 is 10.0 Å². The molecule has 2 aromatic rings. The number of benzene rings is 1. The van der Waals surface area contributed by atoms with Crippen molar-refractivity contribution in [2.45, 2.75) is 13.5 Å². The SMILES string of the molecule is Cc1ccsc1C(=O)NCc1ccccc1NS(C)(=O)=O. The lowest BCUT2D eigenvalue weighted by Crippen LogP contribution is -2.23. The molecule has 0 fully saturated rings. The van der Waals surface area contributed by atoms with E-state index in [1.807, 2.05) is 18.4 Å². The van der Waals surface area contributed by atoms with E-state index in [0.717, 1.165) is 11.8 Å². The van der Waals surface area contributed by atoms with Gasteiger partial charge in [-0.1, -0.05) is 18.2 Å². The van der Waals surface area contributed by atoms with Crippen LogP contribution in [-0.2, 0) is 16.6 Å². The van der Waals surface area contributed by atoms with Crippen LogP contribution in [0.1, 0.15) is 20.8 Å². The molecule has 2 N–H and O–H groups in total. The van der Waals surface area contributed by atoms with Gasteiger partial charge in [0.05, 0.1) is 16.8 Å². The van der Waals surface area contributed by atoms with E-state index in [-0.39, 0.29) is 12.5 Å². The largest absolute Gasteiger partial charge is 0.347 e. The third-order valence-electron chi connectivity index (χ3n) is 2.82. The normalized spacial score (nSPS) is 11.1. The van der Waals surface area contributed by atoms with Crippen molar-refractivity contribution in [3.63, 3.8) is 0 Å². The van der Waals surface area contributed by atoms with Gasteiger partial charge in [-0.15, -0.1) is 11.3 Å². The van der Waals surface area contributed by atoms with E-state index in [0.29, 0.717) is 16.1 Å². The molecule has 1 amide bonds. The second-order valence-corrected chi connectivity index (χ2v) is 7.31. The second-order valence-electron chi connectivity index (χ2n) is 4.65. The minimum Gasteiger partial charge on any atom is -0.347 e. The molecule has 0 unspecified atom stereocenters. The molecule has 112 valence electrons. The van der Waals surface area contributed by atoms with Crippen molar-refractivity contribution in [1.82, 2.24) is 5.32 Å². The number of para-hydroxylation sites is 1. The van der Waals surface area contributed by atoms with Crippen molar-refractivity contribution in [3.05, 3.63) is 51.7 Å². The van der Waals surface area contributed by atoms with Gasteiger partial charge in [-0.25, -0.2) is 8.42 Å². The summed E-state index contributed by atoms with van der Waals surface area (Å²) in [5.74, 6) is -0.156. The fraction of sp³-hybridized carbons (Fsp3) is 0.214. The molecule has 0 atom stereocenters. The monoisotopic (exact) mass is 324 g/mol. The molecule has 0 radical (unpaired) electrons. The molecule has 1 aromatic carbocycles. The second kappa shape index (κ2) is 6.28. The topological polar surface area (TPSA) is 75.3 Å². The van der Waals surface area contributed by atoms with E-state index >= 15 is 0 Å². The van der Waals surface area contributed by atoms with Crippen molar-refractivity contribution < 1.29 is 13.2 Å². The summed E-state index contributed by atoms with van der Waals surface area (Å²) in [6.07, 6.45) is 1.09. The number of carbonyl (C=O) groups excluding carboxylic acids is 1. The van der Waals surface area contributed by atoms with E-state index in [1.54, 1.807) is 24.3 Å². The van der Waals surface area contributed by atoms with Crippen LogP contribution in [0, 0.1) is 6.92 Å². The van der Waals surface area contributed by atoms with E-state index < -0.39 is 10.0 Å². The maximum absolute atomic E-state index is 12.1. The lowest BCUT2D eigenvalue weighted by atomic mass is 10.2. The molecule has 21 heavy (non-hydrogen) atoms. The van der Waals surface area contributed by atoms with Crippen LogP contribution in [-0.4, -0.2) is 20.6 Å². The van der Waals surface area contributed by atoms with Crippen LogP contribution in [0.15, 0.2) is 35.7 Å². The van der Waals surface area contributed by atoms with Gasteiger partial charge in [-0.2, -0.15) is 0 Å². The number of hydrogen-bond acceptors (Lipinski definition) is 4. The van der Waals surface area contributed by atoms with Gasteiger partial charge in [0.25, 0.3) is 5.91 Å². The minimum absolute atomic E-state index is 0.156. The van der Waals surface area contributed by atoms with Crippen LogP contribution >= 0.6 is 11.3 Å². The highest BCUT2D eigenvalue weighted by molar-refractivity contribution is 7.92. The zero-order chi connectivity index (χ0) is 15.5. The highest BCUT2D eigenvalue weighted by Gasteiger charge is 2.12. The number of nitrogens with one attached hydrogen (secondary N) is 2. The zero-order valence-electron chi connectivity index (χ0n) is 11.7. The first-order valence-electron chi connectivity index (χ1n) is 6.25. The predicted octanol–water partition coefficient (Wildman–Crippen LogP) is 2.36. The summed E-state index contributed by atoms with van der Waals surface area (Å²) >= 11 is 1.38. The Morgan fingerprint density at radius 3 is 2.57 bits per heavy atom. The summed E-state index contributed by atoms with van der Waals surface area (Å²) in [5, 5.41) is 4.67. The van der Waals surface area contributed by atoms with E-state index in [2.05, 4.69) is 10.0 Å². The number of hydrogen-bond donors (Lipinski definition) is 2. The molecular weight excluding hydrogens is 308 g/mol. The van der Waals surface area contributed by atoms with E-state index in [9.17, 15) is 13.2 Å². The van der Waals surface area contributed by atoms with Gasteiger partial charge in [-0.3, -0.25) is 9.52 Å². The third kappa shape index (κ3) is 4.30. The standard InChI is InChI=1S/C14H16N2O3S2/c1-10-7-8-20-13(10)14(17)15-9-11-5-3-4-6-12(11)16-21(2,18)19/h3-8,16H,9H2,1-2H3,(H,15,17). The van der Waals surface area contributed by atoms with Crippen LogP contribution in [0.25, 0.3) is 0 Å². The Hall–Kier alpha value is -1.86. The third-order valence-corrected chi connectivity index (χ3v) is 4.43. The lowest BCUT2D eigenvalue weighted by Gasteiger charge is -2.11. The van der Waals surface area contributed by atoms with Gasteiger partial charge in [0, 0.05) is 6.54 Å². The molecule has 1 aromatic heterocycles. The summed E-state index contributed by atoms with van der Waals surface area (Å²) in [5.41, 5.74) is 2.12. The molecule has 0 bridgehead atoms. The summed E-state index contributed by atoms with van der Waals surface area (Å²) in [4.78, 5) is 12.7. The fourth-order valence-electron chi connectivity index (χ4n) is 1.83. The summed E-state index contributed by atoms with van der Waals surface area (Å²) in [6, 6.07) is 8.86. The van der Waals surface area contributed by atoms with Crippen molar-refractivity contribution in [1.29, 1.82) is 0 Å². The summed E-state index contributed by atoms with van der Waals surface area (Å²) < 4.78 is 25.1. The molecule has 1 heterocycles. The van der Waals surface area contributed by atoms with Crippen molar-refractivity contribution in [3.8, 4) is 0 Å². The average Bonchev–Trinajstić information content (AvgIpc) is 2.82. The Kier molecular flexibility index (Phi) is 4.64. The molecule has 2 rings (SSSR count). The van der Waals surface area contributed by atoms with Crippen molar-refractivity contribution in [2.75, 3.05) is 11.0 Å². The highest BCUT2D eigenvalue weighted by Crippen LogP contribution is 2.18. The number of anilines is 1. The lowest BCUT2D eigenvalue weighted by molar-refractivity contribution is 0.0954. The van der Waals surface area contributed by atoms with Crippen LogP contribution in [0.4, 0.5) is 5.69 Å². The van der Waals surface area contributed by atoms with Crippen LogP contribution in [0.2, 0.25) is 0 Å². The van der Waals surface area contributed by atoms with Gasteiger partial charge in [0.15, 0.2) is 0 Å². The quantitative estimate of drug-likeness (QED) is 0.886. The van der Waals surface area contributed by atoms with Gasteiger partial charge < -0.3 is 5.32 Å². The highest BCUT2D eigenvalue weighted by atomic mass is 32.2. The van der Waals surface area contributed by atoms with Gasteiger partial charge in [0.1, 0.15) is 0 Å². The van der Waals surface area contributed by atoms with Gasteiger partial charge in [0.2, 0.25) is 10.0 Å². The van der Waals surface area contributed by atoms with Crippen molar-refractivity contribution in [2.24, 2.45) is 0 Å². The number of carbonyl (C=O) groups is 1. The number of sulfonamides is 1. The minimum atomic E-state index is -3.35. The van der Waals surface area contributed by atoms with Crippen LogP contribution in [0.5, 0.6) is 0 Å². The molecule has 0 saturated carbocycles. The molecule has 5 nitrogen and oxygen atoms in total. The first-order chi connectivity index (χ1) is 9.87. The van der Waals surface area contributed by atoms with Gasteiger partial charge in [-0.05, 0) is 35.6 Å². The Labute approximate surface area is 128 Å². The maximum Gasteiger partial charge on any atom is 0.261 e. The summed E-state index contributed by atoms with van der Waals surface area (Å²) in [6.45, 7) is 2.14. The maximum atomic E-state index is 12.1. The molecule has 0 spiro atoms. The molecule has 7 heteroatoms. The Morgan fingerprint density at radius 1 is 1.24 bits per heavy atom. The number of rotatable bonds is 5. The molecular formula is C14H16N2O3S2. The Morgan fingerprint density at radius 2 is 1.95 bits per heavy atom. The average molecular weight is 324 g/mol. The zero-order valence-corrected chi connectivity index (χ0v) is 13.3. The molecule has 0 aliphatic rings. The molecule has 0 aliphatic carbocycles. The smallest absolute Gasteiger partial charge is 0.261 e. The number of amides is 1. The first kappa shape index (κ1) is 15.5.